The molecule has 0 radical (unpaired) electrons. The fourth-order valence-electron chi connectivity index (χ4n) is 4.99. The number of carboxylic acids is 1. The second kappa shape index (κ2) is 4.10. The van der Waals surface area contributed by atoms with Crippen molar-refractivity contribution in [3.8, 4) is 0 Å². The van der Waals surface area contributed by atoms with Gasteiger partial charge in [0.25, 0.3) is 0 Å². The number of aromatic carboxylic acids is 1. The van der Waals surface area contributed by atoms with Gasteiger partial charge in [-0.25, -0.2) is 9.69 Å². The van der Waals surface area contributed by atoms with Crippen molar-refractivity contribution in [3.63, 3.8) is 0 Å². The van der Waals surface area contributed by atoms with Gasteiger partial charge in [0.1, 0.15) is 0 Å². The Balaban J connectivity index is 1.57. The van der Waals surface area contributed by atoms with Crippen molar-refractivity contribution in [2.75, 3.05) is 4.90 Å². The largest absolute Gasteiger partial charge is 0.478 e. The molecule has 5 nitrogen and oxygen atoms in total. The average molecular weight is 309 g/mol. The summed E-state index contributed by atoms with van der Waals surface area (Å²) in [4.78, 5) is 38.2. The predicted octanol–water partition coefficient (Wildman–Crippen LogP) is 1.94. The fourth-order valence-corrected chi connectivity index (χ4v) is 4.99. The number of nitrogens with zero attached hydrogens (tertiary/aromatic N) is 1. The fraction of sp³-hybridized carbons (Fsp3) is 0.389. The molecule has 5 heteroatoms. The van der Waals surface area contributed by atoms with Gasteiger partial charge >= 0.3 is 5.97 Å². The molecule has 0 aromatic heterocycles. The zero-order chi connectivity index (χ0) is 15.9. The highest BCUT2D eigenvalue weighted by Gasteiger charge is 2.67. The zero-order valence-corrected chi connectivity index (χ0v) is 12.3. The number of carbonyl (C=O) groups is 3. The van der Waals surface area contributed by atoms with E-state index in [-0.39, 0.29) is 41.0 Å². The van der Waals surface area contributed by atoms with E-state index in [9.17, 15) is 14.4 Å². The van der Waals surface area contributed by atoms with Crippen LogP contribution in [0.5, 0.6) is 0 Å². The Morgan fingerprint density at radius 2 is 1.65 bits per heavy atom. The summed E-state index contributed by atoms with van der Waals surface area (Å²) in [5.41, 5.74) is 0.462. The minimum absolute atomic E-state index is 0.0851. The first-order chi connectivity index (χ1) is 11.1. The molecule has 2 saturated carbocycles. The van der Waals surface area contributed by atoms with Crippen molar-refractivity contribution in [3.05, 3.63) is 42.0 Å². The molecule has 1 aliphatic heterocycles. The van der Waals surface area contributed by atoms with Crippen molar-refractivity contribution in [1.82, 2.24) is 0 Å². The van der Waals surface area contributed by atoms with Gasteiger partial charge in [-0.3, -0.25) is 9.59 Å². The molecule has 5 aliphatic rings. The molecule has 1 saturated heterocycles. The minimum atomic E-state index is -1.06. The van der Waals surface area contributed by atoms with Gasteiger partial charge in [-0.05, 0) is 48.3 Å². The van der Waals surface area contributed by atoms with Crippen molar-refractivity contribution in [1.29, 1.82) is 0 Å². The van der Waals surface area contributed by atoms with Gasteiger partial charge in [0, 0.05) is 0 Å². The molecule has 6 atom stereocenters. The van der Waals surface area contributed by atoms with Crippen LogP contribution in [0, 0.1) is 35.5 Å². The number of rotatable bonds is 2. The van der Waals surface area contributed by atoms with Gasteiger partial charge in [-0.1, -0.05) is 18.2 Å². The van der Waals surface area contributed by atoms with Crippen LogP contribution in [0.1, 0.15) is 16.8 Å². The second-order valence-electron chi connectivity index (χ2n) is 7.02. The third kappa shape index (κ3) is 1.54. The molecule has 0 unspecified atom stereocenters. The van der Waals surface area contributed by atoms with Crippen LogP contribution in [0.3, 0.4) is 0 Å². The smallest absolute Gasteiger partial charge is 0.335 e. The van der Waals surface area contributed by atoms with E-state index in [1.807, 2.05) is 0 Å². The number of anilines is 1. The lowest BCUT2D eigenvalue weighted by molar-refractivity contribution is -0.124. The summed E-state index contributed by atoms with van der Waals surface area (Å²) in [5.74, 6) is -0.407. The number of allylic oxidation sites excluding steroid dienone is 2. The third-order valence-corrected chi connectivity index (χ3v) is 6.01. The molecule has 23 heavy (non-hydrogen) atoms. The topological polar surface area (TPSA) is 74.7 Å². The lowest BCUT2D eigenvalue weighted by Gasteiger charge is -2.37. The number of hydrogen-bond donors (Lipinski definition) is 1. The summed E-state index contributed by atoms with van der Waals surface area (Å²) < 4.78 is 0. The third-order valence-electron chi connectivity index (χ3n) is 6.01. The van der Waals surface area contributed by atoms with Crippen molar-refractivity contribution >= 4 is 23.5 Å². The highest BCUT2D eigenvalue weighted by Crippen LogP contribution is 2.65. The maximum Gasteiger partial charge on any atom is 0.335 e. The van der Waals surface area contributed by atoms with Gasteiger partial charge in [0.15, 0.2) is 0 Å². The van der Waals surface area contributed by atoms with Crippen LogP contribution in [-0.2, 0) is 9.59 Å². The van der Waals surface area contributed by atoms with E-state index in [2.05, 4.69) is 12.2 Å². The molecular weight excluding hydrogens is 294 g/mol. The Labute approximate surface area is 132 Å². The number of carboxylic acid groups (broad SMARTS) is 1. The summed E-state index contributed by atoms with van der Waals surface area (Å²) in [6, 6.07) is 6.08. The maximum absolute atomic E-state index is 12.9. The SMILES string of the molecule is O=C(O)c1cccc(N2C(=O)[C@H]3[C@@H]4C=C[C@@H]([C@H]5C[C@H]45)[C@@H]3C2=O)c1. The van der Waals surface area contributed by atoms with Gasteiger partial charge in [-0.15, -0.1) is 0 Å². The first-order valence-electron chi connectivity index (χ1n) is 7.97. The van der Waals surface area contributed by atoms with Crippen LogP contribution in [-0.4, -0.2) is 22.9 Å². The molecule has 1 aromatic carbocycles. The Morgan fingerprint density at radius 1 is 1.04 bits per heavy atom. The Morgan fingerprint density at radius 3 is 2.22 bits per heavy atom. The van der Waals surface area contributed by atoms with Crippen molar-refractivity contribution in [2.45, 2.75) is 6.42 Å². The van der Waals surface area contributed by atoms with Crippen molar-refractivity contribution < 1.29 is 19.5 Å². The van der Waals surface area contributed by atoms with E-state index >= 15 is 0 Å². The minimum Gasteiger partial charge on any atom is -0.478 e. The van der Waals surface area contributed by atoms with Gasteiger partial charge in [0.2, 0.25) is 11.8 Å². The van der Waals surface area contributed by atoms with Crippen LogP contribution in [0.15, 0.2) is 36.4 Å². The molecular formula is C18H15NO4. The number of carbonyl (C=O) groups excluding carboxylic acids is 2. The quantitative estimate of drug-likeness (QED) is 0.669. The van der Waals surface area contributed by atoms with Crippen LogP contribution >= 0.6 is 0 Å². The molecule has 3 fully saturated rings. The van der Waals surface area contributed by atoms with Gasteiger partial charge in [0.05, 0.1) is 23.1 Å². The van der Waals surface area contributed by atoms with E-state index in [1.165, 1.54) is 17.0 Å². The zero-order valence-electron chi connectivity index (χ0n) is 12.3. The highest BCUT2D eigenvalue weighted by molar-refractivity contribution is 6.22. The van der Waals surface area contributed by atoms with E-state index in [4.69, 9.17) is 5.11 Å². The number of imide groups is 1. The summed E-state index contributed by atoms with van der Waals surface area (Å²) in [5, 5.41) is 9.13. The van der Waals surface area contributed by atoms with Crippen LogP contribution in [0.25, 0.3) is 0 Å². The Hall–Kier alpha value is -2.43. The van der Waals surface area contributed by atoms with Crippen LogP contribution in [0.2, 0.25) is 0 Å². The molecule has 1 heterocycles. The lowest BCUT2D eigenvalue weighted by atomic mass is 9.63. The molecule has 2 bridgehead atoms. The molecule has 6 rings (SSSR count). The number of hydrogen-bond acceptors (Lipinski definition) is 3. The standard InChI is InChI=1S/C18H15NO4/c20-16-14-10-4-5-11(13-7-12(10)13)15(14)17(21)19(16)9-3-1-2-8(6-9)18(22)23/h1-6,10-15H,7H2,(H,22,23)/t10-,11+,12-,13-,14+,15+/m1/s1. The average Bonchev–Trinajstić information content (AvgIpc) is 3.32. The van der Waals surface area contributed by atoms with E-state index < -0.39 is 5.97 Å². The maximum atomic E-state index is 12.9. The normalized spacial score (nSPS) is 39.4. The Bertz CT molecular complexity index is 762. The summed E-state index contributed by atoms with van der Waals surface area (Å²) >= 11 is 0. The van der Waals surface area contributed by atoms with E-state index in [1.54, 1.807) is 12.1 Å². The number of benzene rings is 1. The van der Waals surface area contributed by atoms with E-state index in [0.29, 0.717) is 17.5 Å². The summed E-state index contributed by atoms with van der Waals surface area (Å²) in [6.45, 7) is 0. The van der Waals surface area contributed by atoms with Gasteiger partial charge in [-0.2, -0.15) is 0 Å². The van der Waals surface area contributed by atoms with Crippen LogP contribution < -0.4 is 4.90 Å². The predicted molar refractivity (Wildman–Crippen MR) is 80.6 cm³/mol. The highest BCUT2D eigenvalue weighted by atomic mass is 16.4. The Kier molecular flexibility index (Phi) is 2.33. The molecule has 2 amide bonds. The van der Waals surface area contributed by atoms with Crippen LogP contribution in [0.4, 0.5) is 5.69 Å². The summed E-state index contributed by atoms with van der Waals surface area (Å²) in [7, 11) is 0. The monoisotopic (exact) mass is 309 g/mol. The lowest BCUT2D eigenvalue weighted by Crippen LogP contribution is -2.40. The molecule has 1 aromatic rings. The second-order valence-corrected chi connectivity index (χ2v) is 7.02. The van der Waals surface area contributed by atoms with E-state index in [0.717, 1.165) is 6.42 Å². The molecule has 4 aliphatic carbocycles. The first-order valence-corrected chi connectivity index (χ1v) is 7.97. The molecule has 0 spiro atoms. The molecule has 116 valence electrons. The summed E-state index contributed by atoms with van der Waals surface area (Å²) in [6.07, 6.45) is 5.38. The number of amides is 2. The van der Waals surface area contributed by atoms with Gasteiger partial charge < -0.3 is 5.11 Å². The first kappa shape index (κ1) is 13.0. The van der Waals surface area contributed by atoms with Crippen molar-refractivity contribution in [2.24, 2.45) is 35.5 Å². The molecule has 1 N–H and O–H groups in total.